The smallest absolute Gasteiger partial charge is 0.178 e. The van der Waals surface area contributed by atoms with E-state index in [0.717, 1.165) is 25.2 Å². The summed E-state index contributed by atoms with van der Waals surface area (Å²) >= 11 is 0. The Labute approximate surface area is 121 Å². The van der Waals surface area contributed by atoms with E-state index >= 15 is 0 Å². The Bertz CT molecular complexity index is 610. The molecule has 0 saturated carbocycles. The number of piperazine rings is 1. The van der Waals surface area contributed by atoms with Gasteiger partial charge in [0.2, 0.25) is 0 Å². The number of benzene rings is 1. The molecule has 3 rings (SSSR count). The molecule has 0 amide bonds. The molecule has 20 heavy (non-hydrogen) atoms. The molecule has 1 atom stereocenters. The Kier molecular flexibility index (Phi) is 3.39. The summed E-state index contributed by atoms with van der Waals surface area (Å²) in [7, 11) is -3.09. The zero-order valence-electron chi connectivity index (χ0n) is 12.1. The van der Waals surface area contributed by atoms with Gasteiger partial charge >= 0.3 is 0 Å². The third-order valence-corrected chi connectivity index (χ3v) is 6.33. The molecule has 1 N–H and O–H groups in total. The number of nitrogens with one attached hydrogen (secondary N) is 1. The zero-order chi connectivity index (χ0) is 14.4. The number of fused-ring (bicyclic) bond motifs is 1. The predicted octanol–water partition coefficient (Wildman–Crippen LogP) is 1.59. The molecule has 1 fully saturated rings. The van der Waals surface area contributed by atoms with Crippen molar-refractivity contribution >= 4 is 9.84 Å². The van der Waals surface area contributed by atoms with E-state index < -0.39 is 9.84 Å². The average Bonchev–Trinajstić information content (AvgIpc) is 2.40. The van der Waals surface area contributed by atoms with E-state index in [1.54, 1.807) is 6.07 Å². The number of hydrogen-bond donors (Lipinski definition) is 1. The van der Waals surface area contributed by atoms with E-state index in [-0.39, 0.29) is 17.3 Å². The van der Waals surface area contributed by atoms with Gasteiger partial charge in [0, 0.05) is 31.2 Å². The molecule has 1 saturated heterocycles. The summed E-state index contributed by atoms with van der Waals surface area (Å²) in [6, 6.07) is 7.72. The highest BCUT2D eigenvalue weighted by Crippen LogP contribution is 2.39. The maximum Gasteiger partial charge on any atom is 0.178 e. The van der Waals surface area contributed by atoms with Crippen molar-refractivity contribution in [1.29, 1.82) is 0 Å². The molecule has 4 nitrogen and oxygen atoms in total. The molecule has 0 aromatic heterocycles. The highest BCUT2D eigenvalue weighted by Gasteiger charge is 2.40. The van der Waals surface area contributed by atoms with Crippen LogP contribution in [0.1, 0.15) is 31.9 Å². The number of hydrogen-bond acceptors (Lipinski definition) is 4. The Balaban J connectivity index is 2.04. The van der Waals surface area contributed by atoms with Crippen LogP contribution in [0.15, 0.2) is 29.2 Å². The summed E-state index contributed by atoms with van der Waals surface area (Å²) in [5.41, 5.74) is 1.03. The Morgan fingerprint density at radius 1 is 1.30 bits per heavy atom. The lowest BCUT2D eigenvalue weighted by atomic mass is 9.92. The Morgan fingerprint density at radius 2 is 2.05 bits per heavy atom. The van der Waals surface area contributed by atoms with Crippen molar-refractivity contribution in [3.05, 3.63) is 29.8 Å². The molecule has 110 valence electrons. The van der Waals surface area contributed by atoms with Gasteiger partial charge in [-0.3, -0.25) is 4.90 Å². The van der Waals surface area contributed by atoms with Crippen molar-refractivity contribution in [3.63, 3.8) is 0 Å². The van der Waals surface area contributed by atoms with Crippen LogP contribution < -0.4 is 5.32 Å². The van der Waals surface area contributed by atoms with Gasteiger partial charge < -0.3 is 5.32 Å². The van der Waals surface area contributed by atoms with Crippen LogP contribution in [0.3, 0.4) is 0 Å². The summed E-state index contributed by atoms with van der Waals surface area (Å²) in [5, 5.41) is 3.42. The van der Waals surface area contributed by atoms with Crippen LogP contribution in [-0.2, 0) is 9.84 Å². The standard InChI is InChI=1S/C15H22N2O2S/c1-15(2)11-16-8-9-17(15)13-7-10-20(18,19)14-6-4-3-5-12(13)14/h3-6,13,16H,7-11H2,1-2H3. The normalized spacial score (nSPS) is 28.8. The first-order valence-corrected chi connectivity index (χ1v) is 8.86. The second-order valence-electron chi connectivity index (χ2n) is 6.34. The van der Waals surface area contributed by atoms with Crippen molar-refractivity contribution in [1.82, 2.24) is 10.2 Å². The lowest BCUT2D eigenvalue weighted by Crippen LogP contribution is -2.59. The van der Waals surface area contributed by atoms with Gasteiger partial charge in [-0.1, -0.05) is 18.2 Å². The van der Waals surface area contributed by atoms with Crippen LogP contribution >= 0.6 is 0 Å². The van der Waals surface area contributed by atoms with Crippen molar-refractivity contribution in [2.75, 3.05) is 25.4 Å². The van der Waals surface area contributed by atoms with Crippen molar-refractivity contribution in [2.45, 2.75) is 36.7 Å². The van der Waals surface area contributed by atoms with Crippen LogP contribution in [0.5, 0.6) is 0 Å². The molecule has 1 aromatic carbocycles. The first-order chi connectivity index (χ1) is 9.42. The number of rotatable bonds is 1. The third-order valence-electron chi connectivity index (χ3n) is 4.51. The molecular formula is C15H22N2O2S. The average molecular weight is 294 g/mol. The molecule has 0 bridgehead atoms. The fourth-order valence-electron chi connectivity index (χ4n) is 3.47. The van der Waals surface area contributed by atoms with Crippen LogP contribution in [0.25, 0.3) is 0 Å². The van der Waals surface area contributed by atoms with Crippen molar-refractivity contribution < 1.29 is 8.42 Å². The quantitative estimate of drug-likeness (QED) is 0.854. The number of sulfone groups is 1. The molecule has 0 radical (unpaired) electrons. The predicted molar refractivity (Wildman–Crippen MR) is 79.5 cm³/mol. The summed E-state index contributed by atoms with van der Waals surface area (Å²) in [5.74, 6) is 0.259. The van der Waals surface area contributed by atoms with E-state index in [4.69, 9.17) is 0 Å². The molecule has 0 spiro atoms. The van der Waals surface area contributed by atoms with Crippen molar-refractivity contribution in [3.8, 4) is 0 Å². The molecule has 1 aromatic rings. The van der Waals surface area contributed by atoms with Gasteiger partial charge in [-0.25, -0.2) is 8.42 Å². The topological polar surface area (TPSA) is 49.4 Å². The van der Waals surface area contributed by atoms with Gasteiger partial charge in [0.15, 0.2) is 9.84 Å². The van der Waals surface area contributed by atoms with Gasteiger partial charge in [-0.05, 0) is 31.9 Å². The molecule has 1 unspecified atom stereocenters. The molecule has 0 aliphatic carbocycles. The Morgan fingerprint density at radius 3 is 2.80 bits per heavy atom. The van der Waals surface area contributed by atoms with Crippen LogP contribution in [0.2, 0.25) is 0 Å². The second kappa shape index (κ2) is 4.83. The van der Waals surface area contributed by atoms with Crippen LogP contribution in [0.4, 0.5) is 0 Å². The molecule has 2 aliphatic heterocycles. The summed E-state index contributed by atoms with van der Waals surface area (Å²) in [6.07, 6.45) is 0.697. The second-order valence-corrected chi connectivity index (χ2v) is 8.42. The maximum atomic E-state index is 12.2. The third kappa shape index (κ3) is 2.28. The first kappa shape index (κ1) is 14.0. The molecular weight excluding hydrogens is 272 g/mol. The van der Waals surface area contributed by atoms with E-state index in [1.807, 2.05) is 18.2 Å². The Hall–Kier alpha value is -0.910. The lowest BCUT2D eigenvalue weighted by Gasteiger charge is -2.48. The van der Waals surface area contributed by atoms with E-state index in [0.29, 0.717) is 11.3 Å². The van der Waals surface area contributed by atoms with E-state index in [9.17, 15) is 8.42 Å². The van der Waals surface area contributed by atoms with Gasteiger partial charge in [0.1, 0.15) is 0 Å². The minimum atomic E-state index is -3.09. The highest BCUT2D eigenvalue weighted by atomic mass is 32.2. The fraction of sp³-hybridized carbons (Fsp3) is 0.600. The minimum absolute atomic E-state index is 0.0527. The van der Waals surface area contributed by atoms with Crippen LogP contribution in [0, 0.1) is 0 Å². The fourth-order valence-corrected chi connectivity index (χ4v) is 5.07. The lowest BCUT2D eigenvalue weighted by molar-refractivity contribution is 0.0404. The molecule has 2 aliphatic rings. The van der Waals surface area contributed by atoms with Gasteiger partial charge in [-0.2, -0.15) is 0 Å². The summed E-state index contributed by atoms with van der Waals surface area (Å²) in [4.78, 5) is 3.00. The van der Waals surface area contributed by atoms with E-state index in [2.05, 4.69) is 24.1 Å². The molecule has 2 heterocycles. The van der Waals surface area contributed by atoms with Gasteiger partial charge in [0.25, 0.3) is 0 Å². The monoisotopic (exact) mass is 294 g/mol. The SMILES string of the molecule is CC1(C)CNCCN1C1CCS(=O)(=O)c2ccccc21. The summed E-state index contributed by atoms with van der Waals surface area (Å²) < 4.78 is 24.5. The summed E-state index contributed by atoms with van der Waals surface area (Å²) in [6.45, 7) is 7.33. The maximum absolute atomic E-state index is 12.2. The van der Waals surface area contributed by atoms with Gasteiger partial charge in [-0.15, -0.1) is 0 Å². The zero-order valence-corrected chi connectivity index (χ0v) is 12.9. The highest BCUT2D eigenvalue weighted by molar-refractivity contribution is 7.91. The van der Waals surface area contributed by atoms with Crippen LogP contribution in [-0.4, -0.2) is 44.2 Å². The largest absolute Gasteiger partial charge is 0.314 e. The molecule has 5 heteroatoms. The van der Waals surface area contributed by atoms with Crippen molar-refractivity contribution in [2.24, 2.45) is 0 Å². The van der Waals surface area contributed by atoms with E-state index in [1.165, 1.54) is 0 Å². The first-order valence-electron chi connectivity index (χ1n) is 7.21. The number of nitrogens with zero attached hydrogens (tertiary/aromatic N) is 1. The minimum Gasteiger partial charge on any atom is -0.314 e. The van der Waals surface area contributed by atoms with Gasteiger partial charge in [0.05, 0.1) is 10.6 Å².